The van der Waals surface area contributed by atoms with Gasteiger partial charge in [0.2, 0.25) is 5.76 Å². The van der Waals surface area contributed by atoms with Crippen LogP contribution >= 0.6 is 11.6 Å². The van der Waals surface area contributed by atoms with Gasteiger partial charge in [0.25, 0.3) is 0 Å². The third-order valence-corrected chi connectivity index (χ3v) is 3.79. The highest BCUT2D eigenvalue weighted by atomic mass is 35.5. The maximum absolute atomic E-state index is 15.0. The third-order valence-electron chi connectivity index (χ3n) is 3.55. The quantitative estimate of drug-likeness (QED) is 0.686. The van der Waals surface area contributed by atoms with Crippen molar-refractivity contribution in [1.29, 1.82) is 0 Å². The summed E-state index contributed by atoms with van der Waals surface area (Å²) in [5.74, 6) is -5.40. The predicted octanol–water partition coefficient (Wildman–Crippen LogP) is 5.35. The van der Waals surface area contributed by atoms with Crippen LogP contribution in [-0.4, -0.2) is 6.61 Å². The number of rotatable bonds is 4. The zero-order valence-corrected chi connectivity index (χ0v) is 13.3. The fraction of sp³-hybridized carbons (Fsp3) is 0.176. The monoisotopic (exact) mass is 355 g/mol. The Kier molecular flexibility index (Phi) is 4.09. The Balaban J connectivity index is 2.21. The summed E-state index contributed by atoms with van der Waals surface area (Å²) in [4.78, 5) is 0. The number of alkyl halides is 2. The molecule has 0 saturated carbocycles. The highest BCUT2D eigenvalue weighted by Crippen LogP contribution is 2.46. The van der Waals surface area contributed by atoms with E-state index < -0.39 is 23.1 Å². The largest absolute Gasteiger partial charge is 0.493 e. The van der Waals surface area contributed by atoms with Gasteiger partial charge in [0.1, 0.15) is 17.1 Å². The molecule has 0 saturated heterocycles. The second-order valence-electron chi connectivity index (χ2n) is 5.13. The van der Waals surface area contributed by atoms with Crippen LogP contribution in [0.25, 0.3) is 11.0 Å². The Bertz CT molecular complexity index is 908. The molecular weight excluding hydrogens is 343 g/mol. The molecule has 0 radical (unpaired) electrons. The van der Waals surface area contributed by atoms with Crippen LogP contribution in [0, 0.1) is 5.82 Å². The molecule has 0 atom stereocenters. The molecule has 7 heteroatoms. The summed E-state index contributed by atoms with van der Waals surface area (Å²) in [6, 6.07) is 7.30. The SMILES string of the molecule is CCOc1ccc(F)cc1C(F)(F)c1oc2ccc(Cl)cc2c1N. The molecule has 126 valence electrons. The van der Waals surface area contributed by atoms with E-state index in [0.29, 0.717) is 11.1 Å². The number of anilines is 1. The molecule has 2 N–H and O–H groups in total. The van der Waals surface area contributed by atoms with Gasteiger partial charge in [0, 0.05) is 10.4 Å². The smallest absolute Gasteiger partial charge is 0.335 e. The van der Waals surface area contributed by atoms with Crippen LogP contribution in [0.2, 0.25) is 5.02 Å². The highest BCUT2D eigenvalue weighted by molar-refractivity contribution is 6.31. The first-order chi connectivity index (χ1) is 11.3. The van der Waals surface area contributed by atoms with Gasteiger partial charge < -0.3 is 14.9 Å². The number of hydrogen-bond donors (Lipinski definition) is 1. The van der Waals surface area contributed by atoms with Crippen LogP contribution in [0.4, 0.5) is 18.9 Å². The van der Waals surface area contributed by atoms with Crippen molar-refractivity contribution in [2.45, 2.75) is 12.8 Å². The van der Waals surface area contributed by atoms with E-state index >= 15 is 0 Å². The maximum Gasteiger partial charge on any atom is 0.335 e. The van der Waals surface area contributed by atoms with Gasteiger partial charge >= 0.3 is 5.92 Å². The topological polar surface area (TPSA) is 48.4 Å². The minimum absolute atomic E-state index is 0.137. The molecule has 0 amide bonds. The average molecular weight is 356 g/mol. The zero-order valence-electron chi connectivity index (χ0n) is 12.6. The van der Waals surface area contributed by atoms with Gasteiger partial charge in [-0.25, -0.2) is 4.39 Å². The van der Waals surface area contributed by atoms with Crippen molar-refractivity contribution in [1.82, 2.24) is 0 Å². The zero-order chi connectivity index (χ0) is 17.5. The summed E-state index contributed by atoms with van der Waals surface area (Å²) in [5, 5.41) is 0.608. The van der Waals surface area contributed by atoms with Crippen molar-refractivity contribution in [3.8, 4) is 5.75 Å². The standard InChI is InChI=1S/C17H13ClF3NO2/c1-2-23-14-6-4-10(19)8-12(14)17(20,21)16-15(22)11-7-9(18)3-5-13(11)24-16/h3-8H,2,22H2,1H3. The lowest BCUT2D eigenvalue weighted by atomic mass is 10.0. The van der Waals surface area contributed by atoms with E-state index in [1.807, 2.05) is 0 Å². The molecule has 3 aromatic rings. The van der Waals surface area contributed by atoms with Gasteiger partial charge in [0.05, 0.1) is 17.9 Å². The average Bonchev–Trinajstić information content (AvgIpc) is 2.87. The molecule has 0 unspecified atom stereocenters. The van der Waals surface area contributed by atoms with Crippen molar-refractivity contribution in [2.24, 2.45) is 0 Å². The summed E-state index contributed by atoms with van der Waals surface area (Å²) < 4.78 is 53.9. The van der Waals surface area contributed by atoms with Gasteiger partial charge in [0.15, 0.2) is 0 Å². The van der Waals surface area contributed by atoms with E-state index in [0.717, 1.165) is 12.1 Å². The molecule has 0 bridgehead atoms. The van der Waals surface area contributed by atoms with E-state index in [9.17, 15) is 13.2 Å². The normalized spacial score (nSPS) is 11.9. The fourth-order valence-electron chi connectivity index (χ4n) is 2.47. The molecule has 0 aliphatic heterocycles. The van der Waals surface area contributed by atoms with Crippen LogP contribution in [-0.2, 0) is 5.92 Å². The number of benzene rings is 2. The molecule has 1 heterocycles. The summed E-state index contributed by atoms with van der Waals surface area (Å²) >= 11 is 5.86. The molecule has 1 aromatic heterocycles. The van der Waals surface area contributed by atoms with Crippen LogP contribution in [0.15, 0.2) is 40.8 Å². The van der Waals surface area contributed by atoms with Crippen LogP contribution in [0.5, 0.6) is 5.75 Å². The van der Waals surface area contributed by atoms with Gasteiger partial charge in [-0.15, -0.1) is 0 Å². The van der Waals surface area contributed by atoms with E-state index in [1.165, 1.54) is 18.2 Å². The lowest BCUT2D eigenvalue weighted by Crippen LogP contribution is -2.18. The number of nitrogens with two attached hydrogens (primary N) is 1. The number of fused-ring (bicyclic) bond motifs is 1. The van der Waals surface area contributed by atoms with Crippen molar-refractivity contribution < 1.29 is 22.3 Å². The Morgan fingerprint density at radius 3 is 2.67 bits per heavy atom. The van der Waals surface area contributed by atoms with Crippen molar-refractivity contribution >= 4 is 28.3 Å². The molecule has 0 spiro atoms. The second kappa shape index (κ2) is 5.94. The summed E-state index contributed by atoms with van der Waals surface area (Å²) in [6.07, 6.45) is 0. The Morgan fingerprint density at radius 2 is 1.96 bits per heavy atom. The Hall–Kier alpha value is -2.34. The maximum atomic E-state index is 15.0. The van der Waals surface area contributed by atoms with Crippen LogP contribution < -0.4 is 10.5 Å². The van der Waals surface area contributed by atoms with Crippen LogP contribution in [0.3, 0.4) is 0 Å². The van der Waals surface area contributed by atoms with Gasteiger partial charge in [-0.2, -0.15) is 8.78 Å². The van der Waals surface area contributed by atoms with Crippen molar-refractivity contribution in [2.75, 3.05) is 12.3 Å². The second-order valence-corrected chi connectivity index (χ2v) is 5.57. The van der Waals surface area contributed by atoms with E-state index in [1.54, 1.807) is 6.92 Å². The summed E-state index contributed by atoms with van der Waals surface area (Å²) in [5.41, 5.74) is 5.10. The van der Waals surface area contributed by atoms with Gasteiger partial charge in [-0.1, -0.05) is 11.6 Å². The number of nitrogen functional groups attached to an aromatic ring is 1. The first kappa shape index (κ1) is 16.5. The van der Waals surface area contributed by atoms with E-state index in [2.05, 4.69) is 0 Å². The number of furan rings is 1. The molecule has 0 aliphatic carbocycles. The third kappa shape index (κ3) is 2.67. The molecular formula is C17H13ClF3NO2. The first-order valence-corrected chi connectivity index (χ1v) is 7.51. The highest BCUT2D eigenvalue weighted by Gasteiger charge is 2.43. The number of halogens is 4. The first-order valence-electron chi connectivity index (χ1n) is 7.13. The molecule has 0 aliphatic rings. The van der Waals surface area contributed by atoms with Gasteiger partial charge in [-0.05, 0) is 43.3 Å². The summed E-state index contributed by atoms with van der Waals surface area (Å²) in [7, 11) is 0. The molecule has 24 heavy (non-hydrogen) atoms. The molecule has 3 nitrogen and oxygen atoms in total. The van der Waals surface area contributed by atoms with E-state index in [-0.39, 0.29) is 29.0 Å². The lowest BCUT2D eigenvalue weighted by Gasteiger charge is -2.18. The van der Waals surface area contributed by atoms with Crippen molar-refractivity contribution in [3.63, 3.8) is 0 Å². The fourth-order valence-corrected chi connectivity index (χ4v) is 2.65. The lowest BCUT2D eigenvalue weighted by molar-refractivity contribution is 0.0184. The van der Waals surface area contributed by atoms with E-state index in [4.69, 9.17) is 26.5 Å². The van der Waals surface area contributed by atoms with Crippen LogP contribution in [0.1, 0.15) is 18.2 Å². The molecule has 0 fully saturated rings. The summed E-state index contributed by atoms with van der Waals surface area (Å²) in [6.45, 7) is 1.79. The Labute approximate surface area is 140 Å². The number of ether oxygens (including phenoxy) is 1. The molecule has 2 aromatic carbocycles. The predicted molar refractivity (Wildman–Crippen MR) is 86.2 cm³/mol. The minimum atomic E-state index is -3.68. The van der Waals surface area contributed by atoms with Gasteiger partial charge in [-0.3, -0.25) is 0 Å². The van der Waals surface area contributed by atoms with Crippen molar-refractivity contribution in [3.05, 3.63) is 58.6 Å². The Morgan fingerprint density at radius 1 is 1.21 bits per heavy atom. The molecule has 3 rings (SSSR count). The number of hydrogen-bond acceptors (Lipinski definition) is 3. The minimum Gasteiger partial charge on any atom is -0.493 e.